The Hall–Kier alpha value is -1.68. The van der Waals surface area contributed by atoms with Gasteiger partial charge in [-0.25, -0.2) is 4.39 Å². The normalized spacial score (nSPS) is 17.4. The molecule has 1 atom stereocenters. The second kappa shape index (κ2) is 5.98. The molecule has 0 heterocycles. The van der Waals surface area contributed by atoms with Crippen molar-refractivity contribution in [2.24, 2.45) is 0 Å². The van der Waals surface area contributed by atoms with Gasteiger partial charge in [0.25, 0.3) is 0 Å². The van der Waals surface area contributed by atoms with E-state index in [-0.39, 0.29) is 6.42 Å². The number of benzene rings is 2. The van der Waals surface area contributed by atoms with Crippen LogP contribution in [0.15, 0.2) is 46.9 Å². The van der Waals surface area contributed by atoms with E-state index in [9.17, 15) is 9.18 Å². The number of rotatable bonds is 3. The van der Waals surface area contributed by atoms with E-state index in [1.165, 1.54) is 0 Å². The van der Waals surface area contributed by atoms with E-state index in [4.69, 9.17) is 4.74 Å². The summed E-state index contributed by atoms with van der Waals surface area (Å²) in [6.07, 6.45) is -0.575. The third kappa shape index (κ3) is 3.00. The SMILES string of the molecule is O=C1c2c(Br)cc(OCc3ccccc3)cc2CCC1F. The monoisotopic (exact) mass is 348 g/mol. The number of hydrogen-bond acceptors (Lipinski definition) is 2. The van der Waals surface area contributed by atoms with Crippen molar-refractivity contribution in [2.75, 3.05) is 0 Å². The summed E-state index contributed by atoms with van der Waals surface area (Å²) in [7, 11) is 0. The molecule has 0 radical (unpaired) electrons. The van der Waals surface area contributed by atoms with Gasteiger partial charge in [-0.2, -0.15) is 0 Å². The third-order valence-corrected chi connectivity index (χ3v) is 4.22. The molecule has 1 aliphatic rings. The first-order valence-electron chi connectivity index (χ1n) is 6.82. The zero-order valence-corrected chi connectivity index (χ0v) is 12.9. The maximum Gasteiger partial charge on any atom is 0.198 e. The molecule has 0 spiro atoms. The summed E-state index contributed by atoms with van der Waals surface area (Å²) < 4.78 is 19.9. The van der Waals surface area contributed by atoms with Crippen LogP contribution in [-0.4, -0.2) is 12.0 Å². The minimum atomic E-state index is -1.38. The lowest BCUT2D eigenvalue weighted by Gasteiger charge is -2.20. The number of carbonyl (C=O) groups excluding carboxylic acids is 1. The Morgan fingerprint density at radius 1 is 1.24 bits per heavy atom. The van der Waals surface area contributed by atoms with E-state index >= 15 is 0 Å². The van der Waals surface area contributed by atoms with E-state index < -0.39 is 12.0 Å². The average molecular weight is 349 g/mol. The van der Waals surface area contributed by atoms with E-state index in [2.05, 4.69) is 15.9 Å². The fraction of sp³-hybridized carbons (Fsp3) is 0.235. The highest BCUT2D eigenvalue weighted by atomic mass is 79.9. The van der Waals surface area contributed by atoms with Crippen LogP contribution in [0.25, 0.3) is 0 Å². The Kier molecular flexibility index (Phi) is 4.06. The van der Waals surface area contributed by atoms with Crippen LogP contribution in [0.4, 0.5) is 4.39 Å². The lowest BCUT2D eigenvalue weighted by Crippen LogP contribution is -2.24. The maximum atomic E-state index is 13.5. The minimum absolute atomic E-state index is 0.250. The summed E-state index contributed by atoms with van der Waals surface area (Å²) in [5.74, 6) is 0.257. The first-order valence-corrected chi connectivity index (χ1v) is 7.62. The van der Waals surface area contributed by atoms with Crippen molar-refractivity contribution in [1.29, 1.82) is 0 Å². The van der Waals surface area contributed by atoms with Crippen LogP contribution in [0.1, 0.15) is 27.9 Å². The Morgan fingerprint density at radius 2 is 2.00 bits per heavy atom. The molecule has 4 heteroatoms. The van der Waals surface area contributed by atoms with Crippen molar-refractivity contribution in [3.05, 3.63) is 63.6 Å². The first kappa shape index (κ1) is 14.3. The fourth-order valence-electron chi connectivity index (χ4n) is 2.50. The van der Waals surface area contributed by atoms with Crippen LogP contribution in [-0.2, 0) is 13.0 Å². The van der Waals surface area contributed by atoms with Crippen molar-refractivity contribution < 1.29 is 13.9 Å². The molecule has 0 bridgehead atoms. The van der Waals surface area contributed by atoms with E-state index in [0.717, 1.165) is 11.1 Å². The molecule has 108 valence electrons. The standard InChI is InChI=1S/C17H14BrFO2/c18-14-9-13(21-10-11-4-2-1-3-5-11)8-12-6-7-15(19)17(20)16(12)14/h1-5,8-9,15H,6-7,10H2. The van der Waals surface area contributed by atoms with Crippen LogP contribution < -0.4 is 4.74 Å². The predicted molar refractivity (Wildman–Crippen MR) is 82.5 cm³/mol. The molecule has 1 unspecified atom stereocenters. The van der Waals surface area contributed by atoms with Crippen molar-refractivity contribution in [3.63, 3.8) is 0 Å². The second-order valence-corrected chi connectivity index (χ2v) is 5.94. The number of carbonyl (C=O) groups is 1. The Balaban J connectivity index is 1.82. The van der Waals surface area contributed by atoms with Gasteiger partial charge in [-0.15, -0.1) is 0 Å². The second-order valence-electron chi connectivity index (χ2n) is 5.08. The van der Waals surface area contributed by atoms with Crippen LogP contribution in [0.3, 0.4) is 0 Å². The van der Waals surface area contributed by atoms with Crippen LogP contribution in [0.5, 0.6) is 5.75 Å². The lowest BCUT2D eigenvalue weighted by molar-refractivity contribution is 0.0855. The largest absolute Gasteiger partial charge is 0.489 e. The number of Topliss-reactive ketones (excluding diaryl/α,β-unsaturated/α-hetero) is 1. The summed E-state index contributed by atoms with van der Waals surface area (Å²) in [6, 6.07) is 13.4. The zero-order chi connectivity index (χ0) is 14.8. The fourth-order valence-corrected chi connectivity index (χ4v) is 3.18. The number of aryl methyl sites for hydroxylation is 1. The van der Waals surface area contributed by atoms with Gasteiger partial charge in [-0.3, -0.25) is 4.79 Å². The quantitative estimate of drug-likeness (QED) is 0.816. The molecule has 0 N–H and O–H groups in total. The topological polar surface area (TPSA) is 26.3 Å². The number of hydrogen-bond donors (Lipinski definition) is 0. The highest BCUT2D eigenvalue weighted by Crippen LogP contribution is 2.33. The molecule has 2 aromatic carbocycles. The van der Waals surface area contributed by atoms with Crippen molar-refractivity contribution >= 4 is 21.7 Å². The van der Waals surface area contributed by atoms with Crippen molar-refractivity contribution in [3.8, 4) is 5.75 Å². The number of alkyl halides is 1. The van der Waals surface area contributed by atoms with Crippen LogP contribution in [0, 0.1) is 0 Å². The summed E-state index contributed by atoms with van der Waals surface area (Å²) in [5.41, 5.74) is 2.39. The van der Waals surface area contributed by atoms with Gasteiger partial charge < -0.3 is 4.74 Å². The molecule has 1 aliphatic carbocycles. The molecule has 0 amide bonds. The molecule has 0 aromatic heterocycles. The van der Waals surface area contributed by atoms with Gasteiger partial charge in [0, 0.05) is 10.0 Å². The van der Waals surface area contributed by atoms with E-state index in [1.54, 1.807) is 6.07 Å². The molecular weight excluding hydrogens is 335 g/mol. The van der Waals surface area contributed by atoms with Gasteiger partial charge in [0.05, 0.1) is 0 Å². The highest BCUT2D eigenvalue weighted by Gasteiger charge is 2.29. The molecule has 2 nitrogen and oxygen atoms in total. The molecule has 0 aliphatic heterocycles. The van der Waals surface area contributed by atoms with Gasteiger partial charge in [-0.1, -0.05) is 30.3 Å². The molecule has 3 rings (SSSR count). The molecule has 2 aromatic rings. The first-order chi connectivity index (χ1) is 10.1. The number of ketones is 1. The molecule has 21 heavy (non-hydrogen) atoms. The van der Waals surface area contributed by atoms with Crippen molar-refractivity contribution in [1.82, 2.24) is 0 Å². The summed E-state index contributed by atoms with van der Waals surface area (Å²) >= 11 is 3.36. The van der Waals surface area contributed by atoms with Gasteiger partial charge in [-0.05, 0) is 52.0 Å². The summed E-state index contributed by atoms with van der Waals surface area (Å²) in [5, 5.41) is 0. The number of ether oxygens (including phenoxy) is 1. The molecule has 0 saturated heterocycles. The Labute approximate surface area is 131 Å². The third-order valence-electron chi connectivity index (χ3n) is 3.59. The average Bonchev–Trinajstić information content (AvgIpc) is 2.50. The number of halogens is 2. The smallest absolute Gasteiger partial charge is 0.198 e. The molecule has 0 saturated carbocycles. The maximum absolute atomic E-state index is 13.5. The number of fused-ring (bicyclic) bond motifs is 1. The summed E-state index contributed by atoms with van der Waals surface area (Å²) in [6.45, 7) is 0.464. The van der Waals surface area contributed by atoms with Gasteiger partial charge in [0.15, 0.2) is 12.0 Å². The van der Waals surface area contributed by atoms with Crippen LogP contribution >= 0.6 is 15.9 Å². The Morgan fingerprint density at radius 3 is 2.76 bits per heavy atom. The van der Waals surface area contributed by atoms with E-state index in [0.29, 0.717) is 28.8 Å². The zero-order valence-electron chi connectivity index (χ0n) is 11.3. The minimum Gasteiger partial charge on any atom is -0.489 e. The summed E-state index contributed by atoms with van der Waals surface area (Å²) in [4.78, 5) is 11.9. The highest BCUT2D eigenvalue weighted by molar-refractivity contribution is 9.10. The lowest BCUT2D eigenvalue weighted by atomic mass is 9.89. The van der Waals surface area contributed by atoms with Gasteiger partial charge >= 0.3 is 0 Å². The van der Waals surface area contributed by atoms with Gasteiger partial charge in [0.2, 0.25) is 0 Å². The van der Waals surface area contributed by atoms with E-state index in [1.807, 2.05) is 36.4 Å². The Bertz CT molecular complexity index is 670. The van der Waals surface area contributed by atoms with Crippen LogP contribution in [0.2, 0.25) is 0 Å². The van der Waals surface area contributed by atoms with Gasteiger partial charge in [0.1, 0.15) is 12.4 Å². The molecule has 0 fully saturated rings. The molecular formula is C17H14BrFO2. The predicted octanol–water partition coefficient (Wildman–Crippen LogP) is 4.50. The van der Waals surface area contributed by atoms with Crippen molar-refractivity contribution in [2.45, 2.75) is 25.6 Å².